The Bertz CT molecular complexity index is 439. The van der Waals surface area contributed by atoms with Crippen LogP contribution in [0.5, 0.6) is 0 Å². The van der Waals surface area contributed by atoms with Crippen molar-refractivity contribution in [2.45, 2.75) is 46.6 Å². The molecular weight excluding hydrogens is 286 g/mol. The Kier molecular flexibility index (Phi) is 7.04. The minimum Gasteiger partial charge on any atom is -0.381 e. The predicted octanol–water partition coefficient (Wildman–Crippen LogP) is 3.71. The van der Waals surface area contributed by atoms with Crippen molar-refractivity contribution in [3.05, 3.63) is 23.8 Å². The number of allylic oxidation sites excluding steroid dienone is 4. The highest BCUT2D eigenvalue weighted by molar-refractivity contribution is 5.73. The van der Waals surface area contributed by atoms with Crippen LogP contribution in [0.3, 0.4) is 0 Å². The molecule has 0 bridgehead atoms. The fourth-order valence-electron chi connectivity index (χ4n) is 3.63. The second kappa shape index (κ2) is 8.79. The van der Waals surface area contributed by atoms with E-state index in [-0.39, 0.29) is 0 Å². The van der Waals surface area contributed by atoms with Gasteiger partial charge in [0.25, 0.3) is 0 Å². The van der Waals surface area contributed by atoms with Crippen molar-refractivity contribution in [1.82, 2.24) is 4.90 Å². The van der Waals surface area contributed by atoms with Gasteiger partial charge in [-0.2, -0.15) is 0 Å². The molecule has 0 aromatic rings. The summed E-state index contributed by atoms with van der Waals surface area (Å²) in [5, 5.41) is 0. The van der Waals surface area contributed by atoms with Crippen LogP contribution in [-0.4, -0.2) is 43.5 Å². The van der Waals surface area contributed by atoms with Crippen LogP contribution in [0.1, 0.15) is 40.5 Å². The predicted molar refractivity (Wildman–Crippen MR) is 95.4 cm³/mol. The van der Waals surface area contributed by atoms with Gasteiger partial charge < -0.3 is 4.74 Å². The quantitative estimate of drug-likeness (QED) is 0.743. The molecule has 1 saturated heterocycles. The Labute approximate surface area is 141 Å². The standard InChI is InChI=1S/C20H33NO2/c1-15-7-5-8-19(12-22)9-6-10-21(11-20-13-23-14-20)18(4)17(3)16(15)2/h5,7-8,12,15-18,20H,6,9-11,13-14H2,1-4H3/b7-5+,19-8+/t15?,16-,17+,18-/m0/s1. The molecule has 0 spiro atoms. The van der Waals surface area contributed by atoms with Crippen molar-refractivity contribution < 1.29 is 9.53 Å². The second-order valence-corrected chi connectivity index (χ2v) is 7.56. The molecule has 3 nitrogen and oxygen atoms in total. The van der Waals surface area contributed by atoms with Crippen molar-refractivity contribution >= 4 is 6.29 Å². The first-order valence-corrected chi connectivity index (χ1v) is 9.17. The Morgan fingerprint density at radius 3 is 2.57 bits per heavy atom. The third kappa shape index (κ3) is 5.02. The molecule has 0 saturated carbocycles. The monoisotopic (exact) mass is 319 g/mol. The lowest BCUT2D eigenvalue weighted by Crippen LogP contribution is -2.47. The lowest BCUT2D eigenvalue weighted by Gasteiger charge is -2.40. The molecule has 0 aromatic carbocycles. The summed E-state index contributed by atoms with van der Waals surface area (Å²) < 4.78 is 5.36. The van der Waals surface area contributed by atoms with Crippen LogP contribution in [0, 0.1) is 23.7 Å². The van der Waals surface area contributed by atoms with Gasteiger partial charge >= 0.3 is 0 Å². The van der Waals surface area contributed by atoms with Gasteiger partial charge in [-0.25, -0.2) is 0 Å². The van der Waals surface area contributed by atoms with Gasteiger partial charge in [-0.15, -0.1) is 0 Å². The summed E-state index contributed by atoms with van der Waals surface area (Å²) in [7, 11) is 0. The van der Waals surface area contributed by atoms with Gasteiger partial charge in [0.05, 0.1) is 13.2 Å². The zero-order valence-electron chi connectivity index (χ0n) is 15.2. The smallest absolute Gasteiger partial charge is 0.146 e. The normalized spacial score (nSPS) is 38.5. The number of hydrogen-bond acceptors (Lipinski definition) is 3. The number of nitrogens with zero attached hydrogens (tertiary/aromatic N) is 1. The first-order valence-electron chi connectivity index (χ1n) is 9.17. The maximum Gasteiger partial charge on any atom is 0.146 e. The van der Waals surface area contributed by atoms with Crippen molar-refractivity contribution in [3.8, 4) is 0 Å². The van der Waals surface area contributed by atoms with E-state index < -0.39 is 0 Å². The highest BCUT2D eigenvalue weighted by Crippen LogP contribution is 2.29. The number of carbonyl (C=O) groups is 1. The van der Waals surface area contributed by atoms with Crippen LogP contribution in [-0.2, 0) is 9.53 Å². The van der Waals surface area contributed by atoms with E-state index in [2.05, 4.69) is 44.7 Å². The molecule has 0 radical (unpaired) electrons. The summed E-state index contributed by atoms with van der Waals surface area (Å²) in [6.45, 7) is 13.4. The Morgan fingerprint density at radius 2 is 1.96 bits per heavy atom. The van der Waals surface area contributed by atoms with Crippen molar-refractivity contribution in [1.29, 1.82) is 0 Å². The molecule has 23 heavy (non-hydrogen) atoms. The lowest BCUT2D eigenvalue weighted by atomic mass is 9.80. The molecule has 130 valence electrons. The fraction of sp³-hybridized carbons (Fsp3) is 0.750. The average Bonchev–Trinajstić information content (AvgIpc) is 2.51. The van der Waals surface area contributed by atoms with Crippen molar-refractivity contribution in [3.63, 3.8) is 0 Å². The zero-order chi connectivity index (χ0) is 16.8. The molecule has 2 rings (SSSR count). The third-order valence-electron chi connectivity index (χ3n) is 5.98. The van der Waals surface area contributed by atoms with Gasteiger partial charge in [0.15, 0.2) is 0 Å². The van der Waals surface area contributed by atoms with Gasteiger partial charge in [0.1, 0.15) is 6.29 Å². The first kappa shape index (κ1) is 18.4. The van der Waals surface area contributed by atoms with Gasteiger partial charge in [0.2, 0.25) is 0 Å². The number of hydrogen-bond donors (Lipinski definition) is 0. The van der Waals surface area contributed by atoms with E-state index >= 15 is 0 Å². The number of aldehydes is 1. The highest BCUT2D eigenvalue weighted by Gasteiger charge is 2.30. The lowest BCUT2D eigenvalue weighted by molar-refractivity contribution is -0.105. The van der Waals surface area contributed by atoms with Crippen LogP contribution < -0.4 is 0 Å². The van der Waals surface area contributed by atoms with E-state index in [9.17, 15) is 4.79 Å². The molecule has 0 aliphatic carbocycles. The largest absolute Gasteiger partial charge is 0.381 e. The van der Waals surface area contributed by atoms with Gasteiger partial charge in [-0.05, 0) is 49.6 Å². The van der Waals surface area contributed by atoms with Crippen LogP contribution in [0.2, 0.25) is 0 Å². The molecule has 0 aromatic heterocycles. The van der Waals surface area contributed by atoms with E-state index in [1.807, 2.05) is 6.08 Å². The minimum absolute atomic E-state index is 0.518. The minimum atomic E-state index is 0.518. The molecule has 4 atom stereocenters. The Hall–Kier alpha value is -0.930. The highest BCUT2D eigenvalue weighted by atomic mass is 16.5. The molecule has 1 unspecified atom stereocenters. The van der Waals surface area contributed by atoms with Crippen molar-refractivity contribution in [2.75, 3.05) is 26.3 Å². The maximum atomic E-state index is 11.2. The molecule has 0 amide bonds. The van der Waals surface area contributed by atoms with Gasteiger partial charge in [-0.3, -0.25) is 9.69 Å². The summed E-state index contributed by atoms with van der Waals surface area (Å²) in [6, 6.07) is 0.560. The van der Waals surface area contributed by atoms with Gasteiger partial charge in [0, 0.05) is 18.5 Å². The molecule has 3 heteroatoms. The van der Waals surface area contributed by atoms with Crippen LogP contribution in [0.15, 0.2) is 23.8 Å². The van der Waals surface area contributed by atoms with E-state index in [0.717, 1.165) is 51.0 Å². The number of ether oxygens (including phenoxy) is 1. The molecule has 2 heterocycles. The first-order chi connectivity index (χ1) is 11.0. The summed E-state index contributed by atoms with van der Waals surface area (Å²) in [6.07, 6.45) is 9.26. The molecular formula is C20H33NO2. The topological polar surface area (TPSA) is 29.5 Å². The average molecular weight is 319 g/mol. The molecule has 2 aliphatic rings. The van der Waals surface area contributed by atoms with Crippen LogP contribution >= 0.6 is 0 Å². The van der Waals surface area contributed by atoms with Crippen LogP contribution in [0.25, 0.3) is 0 Å². The zero-order valence-corrected chi connectivity index (χ0v) is 15.2. The Balaban J connectivity index is 2.13. The summed E-state index contributed by atoms with van der Waals surface area (Å²) in [5.41, 5.74) is 0.911. The molecule has 1 fully saturated rings. The Morgan fingerprint density at radius 1 is 1.22 bits per heavy atom. The summed E-state index contributed by atoms with van der Waals surface area (Å²) in [4.78, 5) is 13.9. The van der Waals surface area contributed by atoms with E-state index in [1.54, 1.807) is 0 Å². The summed E-state index contributed by atoms with van der Waals surface area (Å²) in [5.74, 6) is 2.47. The third-order valence-corrected chi connectivity index (χ3v) is 5.98. The number of carbonyl (C=O) groups excluding carboxylic acids is 1. The van der Waals surface area contributed by atoms with Crippen LogP contribution in [0.4, 0.5) is 0 Å². The van der Waals surface area contributed by atoms with E-state index in [4.69, 9.17) is 4.74 Å². The van der Waals surface area contributed by atoms with E-state index in [0.29, 0.717) is 29.7 Å². The van der Waals surface area contributed by atoms with E-state index in [1.165, 1.54) is 0 Å². The number of rotatable bonds is 3. The SMILES string of the molecule is CC1/C=C/C=C(/C=O)CCCN(CC2COC2)[C@@H](C)[C@H](C)[C@H]1C. The molecule has 2 aliphatic heterocycles. The second-order valence-electron chi connectivity index (χ2n) is 7.56. The maximum absolute atomic E-state index is 11.2. The molecule has 0 N–H and O–H groups in total. The summed E-state index contributed by atoms with van der Waals surface area (Å²) >= 11 is 0. The van der Waals surface area contributed by atoms with Gasteiger partial charge in [-0.1, -0.05) is 39.0 Å². The van der Waals surface area contributed by atoms with Crippen molar-refractivity contribution in [2.24, 2.45) is 23.7 Å². The fourth-order valence-corrected chi connectivity index (χ4v) is 3.63.